The molecule has 0 fully saturated rings. The molecule has 0 unspecified atom stereocenters. The lowest BCUT2D eigenvalue weighted by atomic mass is 9.93. The standard InChI is InChI=1S/C22H23N3O4/c26-18(15-29-19-12-10-17(11-13-19)25(27)28)14-24-21-9-5-4-8-20(21)23-22(24)16-6-2-1-3-7-16/h1-2,4-5,8-13,16,18,26H,3,6-7,14-15H2/t16-,18-/m0/s1. The molecular weight excluding hydrogens is 370 g/mol. The Morgan fingerprint density at radius 1 is 1.21 bits per heavy atom. The van der Waals surface area contributed by atoms with Crippen molar-refractivity contribution in [2.75, 3.05) is 6.61 Å². The van der Waals surface area contributed by atoms with Crippen LogP contribution in [-0.2, 0) is 6.54 Å². The molecule has 0 aliphatic heterocycles. The lowest BCUT2D eigenvalue weighted by Crippen LogP contribution is -2.25. The summed E-state index contributed by atoms with van der Waals surface area (Å²) in [6, 6.07) is 13.8. The number of rotatable bonds is 7. The monoisotopic (exact) mass is 393 g/mol. The van der Waals surface area contributed by atoms with Crippen molar-refractivity contribution in [3.05, 3.63) is 76.6 Å². The zero-order valence-electron chi connectivity index (χ0n) is 16.0. The van der Waals surface area contributed by atoms with Crippen molar-refractivity contribution in [2.45, 2.75) is 37.8 Å². The van der Waals surface area contributed by atoms with Crippen LogP contribution in [0, 0.1) is 10.1 Å². The molecule has 0 saturated heterocycles. The van der Waals surface area contributed by atoms with Crippen molar-refractivity contribution in [3.63, 3.8) is 0 Å². The molecule has 1 aliphatic carbocycles. The fraction of sp³-hybridized carbons (Fsp3) is 0.318. The van der Waals surface area contributed by atoms with Gasteiger partial charge in [0.2, 0.25) is 0 Å². The van der Waals surface area contributed by atoms with Gasteiger partial charge < -0.3 is 14.4 Å². The van der Waals surface area contributed by atoms with Gasteiger partial charge in [0.05, 0.1) is 22.5 Å². The topological polar surface area (TPSA) is 90.4 Å². The van der Waals surface area contributed by atoms with Crippen LogP contribution >= 0.6 is 0 Å². The summed E-state index contributed by atoms with van der Waals surface area (Å²) in [5.74, 6) is 1.84. The smallest absolute Gasteiger partial charge is 0.269 e. The number of nitro groups is 1. The molecule has 29 heavy (non-hydrogen) atoms. The molecule has 150 valence electrons. The van der Waals surface area contributed by atoms with E-state index in [0.717, 1.165) is 36.1 Å². The first-order chi connectivity index (χ1) is 14.1. The van der Waals surface area contributed by atoms with Crippen molar-refractivity contribution in [2.24, 2.45) is 0 Å². The summed E-state index contributed by atoms with van der Waals surface area (Å²) in [5.41, 5.74) is 1.95. The number of ether oxygens (including phenoxy) is 1. The van der Waals surface area contributed by atoms with Gasteiger partial charge in [0.25, 0.3) is 5.69 Å². The van der Waals surface area contributed by atoms with Crippen LogP contribution < -0.4 is 4.74 Å². The second kappa shape index (κ2) is 8.45. The van der Waals surface area contributed by atoms with Crippen LogP contribution in [0.3, 0.4) is 0 Å². The van der Waals surface area contributed by atoms with E-state index in [1.807, 2.05) is 24.3 Å². The summed E-state index contributed by atoms with van der Waals surface area (Å²) >= 11 is 0. The predicted molar refractivity (Wildman–Crippen MR) is 110 cm³/mol. The number of fused-ring (bicyclic) bond motifs is 1. The number of hydrogen-bond donors (Lipinski definition) is 1. The number of nitrogens with zero attached hydrogens (tertiary/aromatic N) is 3. The van der Waals surface area contributed by atoms with Crippen LogP contribution in [0.4, 0.5) is 5.69 Å². The zero-order chi connectivity index (χ0) is 20.2. The molecule has 4 rings (SSSR count). The maximum absolute atomic E-state index is 10.7. The maximum atomic E-state index is 10.7. The van der Waals surface area contributed by atoms with Gasteiger partial charge in [-0.05, 0) is 43.5 Å². The molecule has 2 atom stereocenters. The molecule has 0 bridgehead atoms. The molecule has 0 spiro atoms. The number of imidazole rings is 1. The van der Waals surface area contributed by atoms with E-state index in [0.29, 0.717) is 18.2 Å². The van der Waals surface area contributed by atoms with Gasteiger partial charge in [-0.3, -0.25) is 10.1 Å². The zero-order valence-corrected chi connectivity index (χ0v) is 16.0. The van der Waals surface area contributed by atoms with E-state index in [1.54, 1.807) is 0 Å². The van der Waals surface area contributed by atoms with Gasteiger partial charge in [0.1, 0.15) is 24.3 Å². The van der Waals surface area contributed by atoms with E-state index in [9.17, 15) is 15.2 Å². The minimum absolute atomic E-state index is 0.00829. The molecule has 0 radical (unpaired) electrons. The minimum atomic E-state index is -0.735. The highest BCUT2D eigenvalue weighted by molar-refractivity contribution is 5.76. The average molecular weight is 393 g/mol. The van der Waals surface area contributed by atoms with Gasteiger partial charge in [-0.15, -0.1) is 0 Å². The van der Waals surface area contributed by atoms with Crippen molar-refractivity contribution in [1.82, 2.24) is 9.55 Å². The van der Waals surface area contributed by atoms with E-state index < -0.39 is 11.0 Å². The Morgan fingerprint density at radius 2 is 2.00 bits per heavy atom. The normalized spacial score (nSPS) is 17.3. The number of non-ortho nitro benzene ring substituents is 1. The van der Waals surface area contributed by atoms with E-state index in [4.69, 9.17) is 9.72 Å². The average Bonchev–Trinajstić information content (AvgIpc) is 3.11. The predicted octanol–water partition coefficient (Wildman–Crippen LogP) is 4.21. The Kier molecular flexibility index (Phi) is 5.57. The number of hydrogen-bond acceptors (Lipinski definition) is 5. The molecule has 3 aromatic rings. The summed E-state index contributed by atoms with van der Waals surface area (Å²) in [6.07, 6.45) is 6.72. The van der Waals surface area contributed by atoms with Crippen LogP contribution in [0.25, 0.3) is 11.0 Å². The molecule has 1 aromatic heterocycles. The van der Waals surface area contributed by atoms with Gasteiger partial charge in [0, 0.05) is 18.1 Å². The molecule has 1 aliphatic rings. The van der Waals surface area contributed by atoms with Gasteiger partial charge in [-0.25, -0.2) is 4.98 Å². The highest BCUT2D eigenvalue weighted by Crippen LogP contribution is 2.31. The summed E-state index contributed by atoms with van der Waals surface area (Å²) < 4.78 is 7.73. The first-order valence-corrected chi connectivity index (χ1v) is 9.77. The van der Waals surface area contributed by atoms with Crippen LogP contribution in [0.5, 0.6) is 5.75 Å². The Morgan fingerprint density at radius 3 is 2.72 bits per heavy atom. The number of aliphatic hydroxyl groups is 1. The van der Waals surface area contributed by atoms with Gasteiger partial charge in [0.15, 0.2) is 0 Å². The van der Waals surface area contributed by atoms with Crippen molar-refractivity contribution >= 4 is 16.7 Å². The van der Waals surface area contributed by atoms with Gasteiger partial charge in [-0.2, -0.15) is 0 Å². The SMILES string of the molecule is O=[N+]([O-])c1ccc(OC[C@@H](O)Cn2c([C@H]3CC=CCC3)nc3ccccc32)cc1. The molecule has 1 N–H and O–H groups in total. The van der Waals surface area contributed by atoms with Gasteiger partial charge in [-0.1, -0.05) is 24.3 Å². The number of allylic oxidation sites excluding steroid dienone is 2. The summed E-state index contributed by atoms with van der Waals surface area (Å²) in [4.78, 5) is 15.1. The Balaban J connectivity index is 1.49. The lowest BCUT2D eigenvalue weighted by molar-refractivity contribution is -0.384. The molecule has 7 nitrogen and oxygen atoms in total. The van der Waals surface area contributed by atoms with E-state index in [-0.39, 0.29) is 12.3 Å². The van der Waals surface area contributed by atoms with Crippen LogP contribution in [0.2, 0.25) is 0 Å². The maximum Gasteiger partial charge on any atom is 0.269 e. The van der Waals surface area contributed by atoms with Crippen molar-refractivity contribution < 1.29 is 14.8 Å². The third-order valence-electron chi connectivity index (χ3n) is 5.20. The Labute approximate surface area is 168 Å². The Bertz CT molecular complexity index is 1030. The fourth-order valence-corrected chi connectivity index (χ4v) is 3.75. The summed E-state index contributed by atoms with van der Waals surface area (Å²) in [7, 11) is 0. The molecule has 7 heteroatoms. The highest BCUT2D eigenvalue weighted by atomic mass is 16.6. The summed E-state index contributed by atoms with van der Waals surface area (Å²) in [6.45, 7) is 0.470. The number of aliphatic hydroxyl groups excluding tert-OH is 1. The number of aromatic nitrogens is 2. The van der Waals surface area contributed by atoms with Gasteiger partial charge >= 0.3 is 0 Å². The summed E-state index contributed by atoms with van der Waals surface area (Å²) in [5, 5.41) is 21.3. The Hall–Kier alpha value is -3.19. The number of nitro benzene ring substituents is 1. The first-order valence-electron chi connectivity index (χ1n) is 9.77. The quantitative estimate of drug-likeness (QED) is 0.369. The highest BCUT2D eigenvalue weighted by Gasteiger charge is 2.22. The van der Waals surface area contributed by atoms with Crippen LogP contribution in [0.15, 0.2) is 60.7 Å². The number of benzene rings is 2. The lowest BCUT2D eigenvalue weighted by Gasteiger charge is -2.21. The first kappa shape index (κ1) is 19.1. The second-order valence-electron chi connectivity index (χ2n) is 7.27. The molecule has 1 heterocycles. The van der Waals surface area contributed by atoms with E-state index in [2.05, 4.69) is 16.7 Å². The van der Waals surface area contributed by atoms with Crippen molar-refractivity contribution in [3.8, 4) is 5.75 Å². The fourth-order valence-electron chi connectivity index (χ4n) is 3.75. The molecule has 0 saturated carbocycles. The largest absolute Gasteiger partial charge is 0.491 e. The molecule has 2 aromatic carbocycles. The second-order valence-corrected chi connectivity index (χ2v) is 7.27. The van der Waals surface area contributed by atoms with Crippen LogP contribution in [-0.4, -0.2) is 32.3 Å². The molecule has 0 amide bonds. The third-order valence-corrected chi connectivity index (χ3v) is 5.20. The minimum Gasteiger partial charge on any atom is -0.491 e. The van der Waals surface area contributed by atoms with Crippen molar-refractivity contribution in [1.29, 1.82) is 0 Å². The third kappa shape index (κ3) is 4.30. The van der Waals surface area contributed by atoms with E-state index >= 15 is 0 Å². The molecular formula is C22H23N3O4. The number of para-hydroxylation sites is 2. The van der Waals surface area contributed by atoms with Crippen LogP contribution in [0.1, 0.15) is 31.0 Å². The van der Waals surface area contributed by atoms with E-state index in [1.165, 1.54) is 24.3 Å².